The smallest absolute Gasteiger partial charge is 0.0700 e. The standard InChI is InChI=1S/C14H24N2O2/c1-12-5-6-13(15)14(11-12)16-7-3-4-8-18-10-9-17-2/h5-6,11,16H,3-4,7-10,15H2,1-2H3. The summed E-state index contributed by atoms with van der Waals surface area (Å²) in [6.45, 7) is 5.11. The van der Waals surface area contributed by atoms with Crippen LogP contribution in [0.15, 0.2) is 18.2 Å². The molecule has 0 radical (unpaired) electrons. The molecule has 1 rings (SSSR count). The molecule has 1 aromatic rings. The van der Waals surface area contributed by atoms with Gasteiger partial charge >= 0.3 is 0 Å². The lowest BCUT2D eigenvalue weighted by Crippen LogP contribution is -2.07. The van der Waals surface area contributed by atoms with Crippen LogP contribution in [-0.2, 0) is 9.47 Å². The first-order valence-electron chi connectivity index (χ1n) is 6.40. The van der Waals surface area contributed by atoms with Crippen molar-refractivity contribution in [3.8, 4) is 0 Å². The zero-order chi connectivity index (χ0) is 13.2. The normalized spacial score (nSPS) is 10.6. The number of rotatable bonds is 9. The van der Waals surface area contributed by atoms with Crippen LogP contribution in [0.3, 0.4) is 0 Å². The van der Waals surface area contributed by atoms with Gasteiger partial charge in [-0.2, -0.15) is 0 Å². The Hall–Kier alpha value is -1.26. The molecule has 0 amide bonds. The average molecular weight is 252 g/mol. The van der Waals surface area contributed by atoms with Crippen molar-refractivity contribution in [1.29, 1.82) is 0 Å². The minimum atomic E-state index is 0.665. The van der Waals surface area contributed by atoms with Crippen LogP contribution in [-0.4, -0.2) is 33.5 Å². The van der Waals surface area contributed by atoms with Crippen molar-refractivity contribution in [2.75, 3.05) is 44.5 Å². The number of ether oxygens (including phenoxy) is 2. The lowest BCUT2D eigenvalue weighted by Gasteiger charge is -2.10. The number of nitrogens with one attached hydrogen (secondary N) is 1. The van der Waals surface area contributed by atoms with Crippen molar-refractivity contribution >= 4 is 11.4 Å². The molecule has 0 atom stereocenters. The van der Waals surface area contributed by atoms with Crippen molar-refractivity contribution in [3.63, 3.8) is 0 Å². The van der Waals surface area contributed by atoms with Crippen LogP contribution < -0.4 is 11.1 Å². The highest BCUT2D eigenvalue weighted by Gasteiger charge is 1.98. The molecular formula is C14H24N2O2. The van der Waals surface area contributed by atoms with Gasteiger partial charge in [0.05, 0.1) is 24.6 Å². The Morgan fingerprint density at radius 2 is 2.00 bits per heavy atom. The predicted molar refractivity (Wildman–Crippen MR) is 76.0 cm³/mol. The molecule has 0 unspecified atom stereocenters. The van der Waals surface area contributed by atoms with E-state index in [0.717, 1.165) is 37.4 Å². The summed E-state index contributed by atoms with van der Waals surface area (Å²) in [6, 6.07) is 6.03. The number of hydrogen-bond acceptors (Lipinski definition) is 4. The molecule has 3 N–H and O–H groups in total. The van der Waals surface area contributed by atoms with Crippen molar-refractivity contribution < 1.29 is 9.47 Å². The van der Waals surface area contributed by atoms with E-state index in [2.05, 4.69) is 18.3 Å². The fourth-order valence-electron chi connectivity index (χ4n) is 1.62. The quantitative estimate of drug-likeness (QED) is 0.523. The van der Waals surface area contributed by atoms with Crippen LogP contribution in [0.2, 0.25) is 0 Å². The Balaban J connectivity index is 2.09. The number of aryl methyl sites for hydroxylation is 1. The summed E-state index contributed by atoms with van der Waals surface area (Å²) in [7, 11) is 1.68. The van der Waals surface area contributed by atoms with E-state index in [1.807, 2.05) is 12.1 Å². The van der Waals surface area contributed by atoms with Crippen LogP contribution >= 0.6 is 0 Å². The maximum Gasteiger partial charge on any atom is 0.0700 e. The van der Waals surface area contributed by atoms with Crippen LogP contribution in [0, 0.1) is 6.92 Å². The van der Waals surface area contributed by atoms with Gasteiger partial charge in [-0.15, -0.1) is 0 Å². The molecule has 0 saturated carbocycles. The molecule has 0 fully saturated rings. The molecule has 0 aliphatic carbocycles. The van der Waals surface area contributed by atoms with E-state index in [1.165, 1.54) is 5.56 Å². The first-order chi connectivity index (χ1) is 8.74. The molecule has 1 aromatic carbocycles. The molecule has 0 aliphatic rings. The van der Waals surface area contributed by atoms with Crippen LogP contribution in [0.5, 0.6) is 0 Å². The Morgan fingerprint density at radius 1 is 1.17 bits per heavy atom. The Kier molecular flexibility index (Phi) is 7.22. The molecule has 4 nitrogen and oxygen atoms in total. The van der Waals surface area contributed by atoms with Crippen LogP contribution in [0.4, 0.5) is 11.4 Å². The summed E-state index contributed by atoms with van der Waals surface area (Å²) < 4.78 is 10.3. The summed E-state index contributed by atoms with van der Waals surface area (Å²) in [5.41, 5.74) is 8.93. The third-order valence-corrected chi connectivity index (χ3v) is 2.67. The molecule has 0 saturated heterocycles. The van der Waals surface area contributed by atoms with E-state index in [1.54, 1.807) is 7.11 Å². The second kappa shape index (κ2) is 8.78. The van der Waals surface area contributed by atoms with Gasteiger partial charge in [0.1, 0.15) is 0 Å². The average Bonchev–Trinajstić information content (AvgIpc) is 2.36. The van der Waals surface area contributed by atoms with Crippen LogP contribution in [0.25, 0.3) is 0 Å². The molecular weight excluding hydrogens is 228 g/mol. The van der Waals surface area contributed by atoms with Crippen molar-refractivity contribution in [3.05, 3.63) is 23.8 Å². The van der Waals surface area contributed by atoms with Gasteiger partial charge in [0.15, 0.2) is 0 Å². The summed E-state index contributed by atoms with van der Waals surface area (Å²) >= 11 is 0. The van der Waals surface area contributed by atoms with Crippen molar-refractivity contribution in [2.24, 2.45) is 0 Å². The molecule has 0 aliphatic heterocycles. The van der Waals surface area contributed by atoms with Gasteiger partial charge in [-0.25, -0.2) is 0 Å². The zero-order valence-corrected chi connectivity index (χ0v) is 11.4. The Labute approximate surface area is 109 Å². The van der Waals surface area contributed by atoms with Gasteiger partial charge in [-0.05, 0) is 37.5 Å². The number of nitrogen functional groups attached to an aromatic ring is 1. The summed E-state index contributed by atoms with van der Waals surface area (Å²) in [6.07, 6.45) is 2.11. The minimum Gasteiger partial charge on any atom is -0.397 e. The fourth-order valence-corrected chi connectivity index (χ4v) is 1.62. The second-order valence-electron chi connectivity index (χ2n) is 4.33. The molecule has 0 spiro atoms. The van der Waals surface area contributed by atoms with E-state index in [4.69, 9.17) is 15.2 Å². The third-order valence-electron chi connectivity index (χ3n) is 2.67. The van der Waals surface area contributed by atoms with Crippen LogP contribution in [0.1, 0.15) is 18.4 Å². The first-order valence-corrected chi connectivity index (χ1v) is 6.40. The van der Waals surface area contributed by atoms with Gasteiger partial charge in [0, 0.05) is 20.3 Å². The van der Waals surface area contributed by atoms with Gasteiger partial charge in [-0.1, -0.05) is 6.07 Å². The van der Waals surface area contributed by atoms with E-state index >= 15 is 0 Å². The lowest BCUT2D eigenvalue weighted by atomic mass is 10.2. The maximum absolute atomic E-state index is 5.88. The Morgan fingerprint density at radius 3 is 2.78 bits per heavy atom. The fraction of sp³-hybridized carbons (Fsp3) is 0.571. The van der Waals surface area contributed by atoms with Gasteiger partial charge in [0.25, 0.3) is 0 Å². The van der Waals surface area contributed by atoms with E-state index in [0.29, 0.717) is 13.2 Å². The maximum atomic E-state index is 5.88. The molecule has 4 heteroatoms. The molecule has 18 heavy (non-hydrogen) atoms. The first kappa shape index (κ1) is 14.8. The second-order valence-corrected chi connectivity index (χ2v) is 4.33. The van der Waals surface area contributed by atoms with Crippen molar-refractivity contribution in [2.45, 2.75) is 19.8 Å². The Bertz CT molecular complexity index is 343. The minimum absolute atomic E-state index is 0.665. The highest BCUT2D eigenvalue weighted by atomic mass is 16.5. The third kappa shape index (κ3) is 5.89. The summed E-state index contributed by atoms with van der Waals surface area (Å²) in [4.78, 5) is 0. The largest absolute Gasteiger partial charge is 0.397 e. The van der Waals surface area contributed by atoms with E-state index < -0.39 is 0 Å². The number of methoxy groups -OCH3 is 1. The van der Waals surface area contributed by atoms with Gasteiger partial charge < -0.3 is 20.5 Å². The summed E-state index contributed by atoms with van der Waals surface area (Å²) in [5, 5.41) is 3.35. The summed E-state index contributed by atoms with van der Waals surface area (Å²) in [5.74, 6) is 0. The molecule has 0 aromatic heterocycles. The predicted octanol–water partition coefficient (Wildman–Crippen LogP) is 2.43. The number of hydrogen-bond donors (Lipinski definition) is 2. The highest BCUT2D eigenvalue weighted by molar-refractivity contribution is 5.66. The lowest BCUT2D eigenvalue weighted by molar-refractivity contribution is 0.0691. The molecule has 0 bridgehead atoms. The number of benzene rings is 1. The monoisotopic (exact) mass is 252 g/mol. The van der Waals surface area contributed by atoms with E-state index in [-0.39, 0.29) is 0 Å². The van der Waals surface area contributed by atoms with E-state index in [9.17, 15) is 0 Å². The van der Waals surface area contributed by atoms with Crippen molar-refractivity contribution in [1.82, 2.24) is 0 Å². The molecule has 0 heterocycles. The highest BCUT2D eigenvalue weighted by Crippen LogP contribution is 2.19. The van der Waals surface area contributed by atoms with Gasteiger partial charge in [-0.3, -0.25) is 0 Å². The number of anilines is 2. The SMILES string of the molecule is COCCOCCCCNc1cc(C)ccc1N. The molecule has 102 valence electrons. The zero-order valence-electron chi connectivity index (χ0n) is 11.4. The number of unbranched alkanes of at least 4 members (excludes halogenated alkanes) is 1. The topological polar surface area (TPSA) is 56.5 Å². The van der Waals surface area contributed by atoms with Gasteiger partial charge in [0.2, 0.25) is 0 Å². The number of nitrogens with two attached hydrogens (primary N) is 1.